The number of aromatic nitrogens is 1. The first-order chi connectivity index (χ1) is 7.31. The molecule has 0 radical (unpaired) electrons. The Kier molecular flexibility index (Phi) is 3.33. The standard InChI is InChI=1S/C10H10ClN3S/c11-8-4-2-1-3-7(8)9-6-15-10(14-9)5-13-12/h1-4,6,13H,5,12H2. The van der Waals surface area contributed by atoms with Crippen LogP contribution in [0.5, 0.6) is 0 Å². The van der Waals surface area contributed by atoms with Crippen LogP contribution in [0.3, 0.4) is 0 Å². The number of halogens is 1. The molecule has 2 rings (SSSR count). The number of nitrogens with one attached hydrogen (secondary N) is 1. The van der Waals surface area contributed by atoms with Gasteiger partial charge in [0, 0.05) is 16.0 Å². The Bertz CT molecular complexity index is 455. The summed E-state index contributed by atoms with van der Waals surface area (Å²) in [5.74, 6) is 5.23. The zero-order valence-electron chi connectivity index (χ0n) is 7.90. The van der Waals surface area contributed by atoms with Crippen molar-refractivity contribution in [3.05, 3.63) is 39.7 Å². The summed E-state index contributed by atoms with van der Waals surface area (Å²) in [6.07, 6.45) is 0. The lowest BCUT2D eigenvalue weighted by Gasteiger charge is -1.98. The minimum absolute atomic E-state index is 0.578. The van der Waals surface area contributed by atoms with Gasteiger partial charge in [-0.25, -0.2) is 4.98 Å². The molecule has 0 fully saturated rings. The Balaban J connectivity index is 2.33. The lowest BCUT2D eigenvalue weighted by molar-refractivity contribution is 0.737. The van der Waals surface area contributed by atoms with E-state index < -0.39 is 0 Å². The lowest BCUT2D eigenvalue weighted by atomic mass is 10.2. The third-order valence-corrected chi connectivity index (χ3v) is 3.13. The van der Waals surface area contributed by atoms with Gasteiger partial charge in [-0.2, -0.15) is 0 Å². The van der Waals surface area contributed by atoms with E-state index in [-0.39, 0.29) is 0 Å². The zero-order valence-corrected chi connectivity index (χ0v) is 9.48. The highest BCUT2D eigenvalue weighted by Gasteiger charge is 2.06. The van der Waals surface area contributed by atoms with Gasteiger partial charge >= 0.3 is 0 Å². The Labute approximate surface area is 96.9 Å². The van der Waals surface area contributed by atoms with Crippen LogP contribution in [0.2, 0.25) is 5.02 Å². The van der Waals surface area contributed by atoms with Gasteiger partial charge in [0.15, 0.2) is 0 Å². The number of hydrogen-bond acceptors (Lipinski definition) is 4. The second-order valence-corrected chi connectivity index (χ2v) is 4.34. The number of rotatable bonds is 3. The lowest BCUT2D eigenvalue weighted by Crippen LogP contribution is -2.20. The maximum atomic E-state index is 6.07. The number of thiazole rings is 1. The highest BCUT2D eigenvalue weighted by Crippen LogP contribution is 2.28. The Morgan fingerprint density at radius 3 is 2.93 bits per heavy atom. The smallest absolute Gasteiger partial charge is 0.108 e. The first-order valence-corrected chi connectivity index (χ1v) is 5.70. The molecule has 1 aromatic heterocycles. The van der Waals surface area contributed by atoms with E-state index in [1.54, 1.807) is 11.3 Å². The molecule has 0 saturated carbocycles. The van der Waals surface area contributed by atoms with Crippen molar-refractivity contribution in [2.24, 2.45) is 5.84 Å². The summed E-state index contributed by atoms with van der Waals surface area (Å²) in [7, 11) is 0. The van der Waals surface area contributed by atoms with Crippen molar-refractivity contribution in [2.45, 2.75) is 6.54 Å². The molecule has 3 nitrogen and oxygen atoms in total. The maximum absolute atomic E-state index is 6.07. The highest BCUT2D eigenvalue weighted by atomic mass is 35.5. The molecule has 15 heavy (non-hydrogen) atoms. The van der Waals surface area contributed by atoms with Crippen molar-refractivity contribution < 1.29 is 0 Å². The molecule has 3 N–H and O–H groups in total. The van der Waals surface area contributed by atoms with Crippen LogP contribution in [0.25, 0.3) is 11.3 Å². The summed E-state index contributed by atoms with van der Waals surface area (Å²) in [5.41, 5.74) is 4.43. The topological polar surface area (TPSA) is 50.9 Å². The average molecular weight is 240 g/mol. The van der Waals surface area contributed by atoms with E-state index in [0.29, 0.717) is 6.54 Å². The largest absolute Gasteiger partial charge is 0.271 e. The van der Waals surface area contributed by atoms with Crippen LogP contribution in [0.1, 0.15) is 5.01 Å². The molecule has 0 atom stereocenters. The van der Waals surface area contributed by atoms with E-state index in [9.17, 15) is 0 Å². The zero-order chi connectivity index (χ0) is 10.7. The summed E-state index contributed by atoms with van der Waals surface area (Å²) in [4.78, 5) is 4.42. The molecule has 1 aromatic carbocycles. The van der Waals surface area contributed by atoms with Crippen LogP contribution in [0.15, 0.2) is 29.6 Å². The van der Waals surface area contributed by atoms with Crippen molar-refractivity contribution in [3.8, 4) is 11.3 Å². The molecule has 1 heterocycles. The van der Waals surface area contributed by atoms with Gasteiger partial charge in [-0.3, -0.25) is 11.3 Å². The maximum Gasteiger partial charge on any atom is 0.108 e. The van der Waals surface area contributed by atoms with Crippen molar-refractivity contribution in [2.75, 3.05) is 0 Å². The molecule has 5 heteroatoms. The molecule has 0 aliphatic rings. The predicted octanol–water partition coefficient (Wildman–Crippen LogP) is 2.43. The molecule has 2 aromatic rings. The van der Waals surface area contributed by atoms with E-state index in [4.69, 9.17) is 17.4 Å². The van der Waals surface area contributed by atoms with Gasteiger partial charge in [0.1, 0.15) is 5.01 Å². The van der Waals surface area contributed by atoms with Crippen LogP contribution < -0.4 is 11.3 Å². The van der Waals surface area contributed by atoms with Gasteiger partial charge in [-0.1, -0.05) is 29.8 Å². The minimum Gasteiger partial charge on any atom is -0.271 e. The quantitative estimate of drug-likeness (QED) is 0.639. The average Bonchev–Trinajstić information content (AvgIpc) is 2.68. The second kappa shape index (κ2) is 4.72. The van der Waals surface area contributed by atoms with E-state index in [0.717, 1.165) is 21.3 Å². The third kappa shape index (κ3) is 2.35. The Morgan fingerprint density at radius 2 is 2.20 bits per heavy atom. The number of hydrogen-bond donors (Lipinski definition) is 2. The molecular weight excluding hydrogens is 230 g/mol. The van der Waals surface area contributed by atoms with Gasteiger partial charge in [0.05, 0.1) is 12.2 Å². The number of nitrogens with two attached hydrogens (primary N) is 1. The highest BCUT2D eigenvalue weighted by molar-refractivity contribution is 7.09. The van der Waals surface area contributed by atoms with Gasteiger partial charge in [0.2, 0.25) is 0 Å². The minimum atomic E-state index is 0.578. The third-order valence-electron chi connectivity index (χ3n) is 1.95. The van der Waals surface area contributed by atoms with Crippen molar-refractivity contribution in [1.29, 1.82) is 0 Å². The van der Waals surface area contributed by atoms with Crippen molar-refractivity contribution in [3.63, 3.8) is 0 Å². The first kappa shape index (κ1) is 10.6. The van der Waals surface area contributed by atoms with Gasteiger partial charge in [0.25, 0.3) is 0 Å². The second-order valence-electron chi connectivity index (χ2n) is 2.99. The summed E-state index contributed by atoms with van der Waals surface area (Å²) < 4.78 is 0. The molecule has 0 unspecified atom stereocenters. The molecule has 0 bridgehead atoms. The van der Waals surface area contributed by atoms with E-state index in [1.165, 1.54) is 0 Å². The number of nitrogens with zero attached hydrogens (tertiary/aromatic N) is 1. The predicted molar refractivity (Wildman–Crippen MR) is 63.6 cm³/mol. The molecule has 0 saturated heterocycles. The number of hydrazine groups is 1. The summed E-state index contributed by atoms with van der Waals surface area (Å²) >= 11 is 7.63. The molecule has 78 valence electrons. The first-order valence-electron chi connectivity index (χ1n) is 4.44. The fourth-order valence-corrected chi connectivity index (χ4v) is 2.25. The number of benzene rings is 1. The van der Waals surface area contributed by atoms with Gasteiger partial charge in [-0.05, 0) is 6.07 Å². The summed E-state index contributed by atoms with van der Waals surface area (Å²) in [5, 5.41) is 3.65. The van der Waals surface area contributed by atoms with E-state index >= 15 is 0 Å². The fraction of sp³-hybridized carbons (Fsp3) is 0.100. The fourth-order valence-electron chi connectivity index (χ4n) is 1.27. The van der Waals surface area contributed by atoms with Crippen molar-refractivity contribution >= 4 is 22.9 Å². The monoisotopic (exact) mass is 239 g/mol. The molecule has 0 spiro atoms. The van der Waals surface area contributed by atoms with Crippen LogP contribution >= 0.6 is 22.9 Å². The SMILES string of the molecule is NNCc1nc(-c2ccccc2Cl)cs1. The molecule has 0 amide bonds. The van der Waals surface area contributed by atoms with Crippen LogP contribution in [-0.2, 0) is 6.54 Å². The van der Waals surface area contributed by atoms with Crippen LogP contribution in [-0.4, -0.2) is 4.98 Å². The van der Waals surface area contributed by atoms with Crippen LogP contribution in [0.4, 0.5) is 0 Å². The summed E-state index contributed by atoms with van der Waals surface area (Å²) in [6.45, 7) is 0.578. The molecule has 0 aliphatic carbocycles. The Morgan fingerprint density at radius 1 is 1.40 bits per heavy atom. The summed E-state index contributed by atoms with van der Waals surface area (Å²) in [6, 6.07) is 7.66. The normalized spacial score (nSPS) is 10.5. The Hall–Kier alpha value is -0.940. The van der Waals surface area contributed by atoms with E-state index in [2.05, 4.69) is 10.4 Å². The van der Waals surface area contributed by atoms with Gasteiger partial charge in [-0.15, -0.1) is 11.3 Å². The van der Waals surface area contributed by atoms with Crippen molar-refractivity contribution in [1.82, 2.24) is 10.4 Å². The van der Waals surface area contributed by atoms with E-state index in [1.807, 2.05) is 29.6 Å². The van der Waals surface area contributed by atoms with Gasteiger partial charge < -0.3 is 0 Å². The molecule has 0 aliphatic heterocycles. The molecular formula is C10H10ClN3S. The van der Waals surface area contributed by atoms with Crippen LogP contribution in [0, 0.1) is 0 Å².